The van der Waals surface area contributed by atoms with E-state index in [-0.39, 0.29) is 21.8 Å². The quantitative estimate of drug-likeness (QED) is 0.230. The van der Waals surface area contributed by atoms with Crippen molar-refractivity contribution in [2.24, 2.45) is 0 Å². The molecular formula is C16H11Cl2NO5S. The molecule has 2 aromatic carbocycles. The van der Waals surface area contributed by atoms with Crippen molar-refractivity contribution in [1.29, 1.82) is 0 Å². The molecule has 0 unspecified atom stereocenters. The minimum absolute atomic E-state index is 0.0143. The smallest absolute Gasteiger partial charge is 0.338 e. The third kappa shape index (κ3) is 4.72. The van der Waals surface area contributed by atoms with Crippen LogP contribution in [-0.4, -0.2) is 29.5 Å². The SMILES string of the molecule is CSc1ccc(C(=O)OCC(=O)c2ccc(Cl)cc2Cl)cc1[N+](=O)[O-]. The highest BCUT2D eigenvalue weighted by molar-refractivity contribution is 7.98. The Morgan fingerprint density at radius 2 is 1.92 bits per heavy atom. The number of nitrogens with zero attached hydrogens (tertiary/aromatic N) is 1. The number of nitro groups is 1. The summed E-state index contributed by atoms with van der Waals surface area (Å²) in [6.45, 7) is -0.543. The maximum absolute atomic E-state index is 12.1. The number of carbonyl (C=O) groups is 2. The molecule has 0 aliphatic rings. The Morgan fingerprint density at radius 1 is 1.20 bits per heavy atom. The van der Waals surface area contributed by atoms with E-state index in [9.17, 15) is 19.7 Å². The third-order valence-corrected chi connectivity index (χ3v) is 4.51. The maximum Gasteiger partial charge on any atom is 0.338 e. The molecule has 0 aliphatic heterocycles. The minimum atomic E-state index is -0.839. The molecule has 0 saturated carbocycles. The van der Waals surface area contributed by atoms with Gasteiger partial charge in [-0.15, -0.1) is 11.8 Å². The molecule has 0 saturated heterocycles. The van der Waals surface area contributed by atoms with E-state index in [2.05, 4.69) is 0 Å². The number of nitro benzene ring substituents is 1. The van der Waals surface area contributed by atoms with E-state index in [4.69, 9.17) is 27.9 Å². The monoisotopic (exact) mass is 399 g/mol. The highest BCUT2D eigenvalue weighted by Crippen LogP contribution is 2.28. The van der Waals surface area contributed by atoms with Gasteiger partial charge in [0.25, 0.3) is 5.69 Å². The van der Waals surface area contributed by atoms with E-state index in [0.717, 1.165) is 6.07 Å². The Hall–Kier alpha value is -2.09. The van der Waals surface area contributed by atoms with Crippen LogP contribution >= 0.6 is 35.0 Å². The molecule has 0 aliphatic carbocycles. The number of carbonyl (C=O) groups excluding carboxylic acids is 2. The van der Waals surface area contributed by atoms with Gasteiger partial charge in [-0.25, -0.2) is 4.79 Å². The van der Waals surface area contributed by atoms with Crippen LogP contribution in [0.4, 0.5) is 5.69 Å². The molecule has 25 heavy (non-hydrogen) atoms. The van der Waals surface area contributed by atoms with E-state index in [1.807, 2.05) is 0 Å². The molecular weight excluding hydrogens is 389 g/mol. The van der Waals surface area contributed by atoms with Gasteiger partial charge in [-0.1, -0.05) is 23.2 Å². The average molecular weight is 400 g/mol. The lowest BCUT2D eigenvalue weighted by Gasteiger charge is -2.07. The number of hydrogen-bond donors (Lipinski definition) is 0. The molecule has 0 aromatic heterocycles. The van der Waals surface area contributed by atoms with Crippen LogP contribution in [0, 0.1) is 10.1 Å². The summed E-state index contributed by atoms with van der Waals surface area (Å²) in [5.74, 6) is -1.35. The number of halogens is 2. The molecule has 0 atom stereocenters. The molecule has 0 spiro atoms. The number of Topliss-reactive ketones (excluding diaryl/α,β-unsaturated/α-hetero) is 1. The first-order valence-electron chi connectivity index (χ1n) is 6.81. The van der Waals surface area contributed by atoms with Gasteiger partial charge < -0.3 is 4.74 Å². The second-order valence-corrected chi connectivity index (χ2v) is 6.46. The normalized spacial score (nSPS) is 10.4. The summed E-state index contributed by atoms with van der Waals surface area (Å²) in [5, 5.41) is 11.6. The molecule has 6 nitrogen and oxygen atoms in total. The highest BCUT2D eigenvalue weighted by Gasteiger charge is 2.19. The zero-order chi connectivity index (χ0) is 18.6. The highest BCUT2D eigenvalue weighted by atomic mass is 35.5. The number of thioether (sulfide) groups is 1. The fourth-order valence-electron chi connectivity index (χ4n) is 1.97. The number of rotatable bonds is 6. The van der Waals surface area contributed by atoms with Crippen LogP contribution in [0.1, 0.15) is 20.7 Å². The van der Waals surface area contributed by atoms with Crippen molar-refractivity contribution in [3.05, 3.63) is 67.7 Å². The van der Waals surface area contributed by atoms with Crippen LogP contribution in [0.2, 0.25) is 10.0 Å². The lowest BCUT2D eigenvalue weighted by molar-refractivity contribution is -0.387. The molecule has 0 amide bonds. The molecule has 0 fully saturated rings. The standard InChI is InChI=1S/C16H11Cl2NO5S/c1-25-15-5-2-9(6-13(15)19(22)23)16(21)24-8-14(20)11-4-3-10(17)7-12(11)18/h2-7H,8H2,1H3. The Balaban J connectivity index is 2.11. The number of hydrogen-bond acceptors (Lipinski definition) is 6. The summed E-state index contributed by atoms with van der Waals surface area (Å²) in [5.41, 5.74) is -0.0453. The molecule has 0 N–H and O–H groups in total. The van der Waals surface area contributed by atoms with Gasteiger partial charge in [0.2, 0.25) is 5.78 Å². The average Bonchev–Trinajstić information content (AvgIpc) is 2.58. The number of benzene rings is 2. The van der Waals surface area contributed by atoms with Gasteiger partial charge in [0.05, 0.1) is 20.4 Å². The molecule has 0 bridgehead atoms. The maximum atomic E-state index is 12.1. The van der Waals surface area contributed by atoms with Gasteiger partial charge in [-0.2, -0.15) is 0 Å². The molecule has 2 aromatic rings. The van der Waals surface area contributed by atoms with Crippen LogP contribution in [0.3, 0.4) is 0 Å². The molecule has 130 valence electrons. The summed E-state index contributed by atoms with van der Waals surface area (Å²) < 4.78 is 4.93. The number of ketones is 1. The zero-order valence-electron chi connectivity index (χ0n) is 12.8. The van der Waals surface area contributed by atoms with Crippen molar-refractivity contribution in [2.75, 3.05) is 12.9 Å². The van der Waals surface area contributed by atoms with Crippen molar-refractivity contribution < 1.29 is 19.2 Å². The van der Waals surface area contributed by atoms with Crippen molar-refractivity contribution >= 4 is 52.4 Å². The summed E-state index contributed by atoms with van der Waals surface area (Å²) >= 11 is 12.9. The molecule has 9 heteroatoms. The Labute approximate surface area is 157 Å². The van der Waals surface area contributed by atoms with Crippen molar-refractivity contribution in [2.45, 2.75) is 4.90 Å². The van der Waals surface area contributed by atoms with Gasteiger partial charge in [-0.05, 0) is 36.6 Å². The lowest BCUT2D eigenvalue weighted by Crippen LogP contribution is -2.15. The summed E-state index contributed by atoms with van der Waals surface area (Å²) in [7, 11) is 0. The van der Waals surface area contributed by atoms with Crippen LogP contribution in [0.5, 0.6) is 0 Å². The van der Waals surface area contributed by atoms with Crippen LogP contribution < -0.4 is 0 Å². The van der Waals surface area contributed by atoms with Crippen molar-refractivity contribution in [1.82, 2.24) is 0 Å². The first-order chi connectivity index (χ1) is 11.8. The molecule has 2 rings (SSSR count). The predicted molar refractivity (Wildman–Crippen MR) is 96.0 cm³/mol. The fraction of sp³-hybridized carbons (Fsp3) is 0.125. The summed E-state index contributed by atoms with van der Waals surface area (Å²) in [6, 6.07) is 8.31. The van der Waals surface area contributed by atoms with Gasteiger partial charge in [0.15, 0.2) is 6.61 Å². The van der Waals surface area contributed by atoms with E-state index in [0.29, 0.717) is 9.92 Å². The van der Waals surface area contributed by atoms with Crippen molar-refractivity contribution in [3.63, 3.8) is 0 Å². The molecule has 0 radical (unpaired) electrons. The van der Waals surface area contributed by atoms with Crippen LogP contribution in [-0.2, 0) is 4.74 Å². The minimum Gasteiger partial charge on any atom is -0.454 e. The summed E-state index contributed by atoms with van der Waals surface area (Å²) in [6.07, 6.45) is 1.69. The Bertz CT molecular complexity index is 856. The van der Waals surface area contributed by atoms with E-state index >= 15 is 0 Å². The number of esters is 1. The lowest BCUT2D eigenvalue weighted by atomic mass is 10.1. The van der Waals surface area contributed by atoms with E-state index in [1.54, 1.807) is 6.26 Å². The van der Waals surface area contributed by atoms with Gasteiger partial charge in [0.1, 0.15) is 0 Å². The third-order valence-electron chi connectivity index (χ3n) is 3.18. The van der Waals surface area contributed by atoms with Crippen LogP contribution in [0.25, 0.3) is 0 Å². The topological polar surface area (TPSA) is 86.5 Å². The van der Waals surface area contributed by atoms with E-state index in [1.165, 1.54) is 42.1 Å². The van der Waals surface area contributed by atoms with Crippen LogP contribution in [0.15, 0.2) is 41.3 Å². The largest absolute Gasteiger partial charge is 0.454 e. The zero-order valence-corrected chi connectivity index (χ0v) is 15.2. The first kappa shape index (κ1) is 19.2. The predicted octanol–water partition coefficient (Wildman–Crippen LogP) is 4.66. The Kier molecular flexibility index (Phi) is 6.41. The molecule has 0 heterocycles. The first-order valence-corrected chi connectivity index (χ1v) is 8.79. The second kappa shape index (κ2) is 8.33. The fourth-order valence-corrected chi connectivity index (χ4v) is 3.03. The number of ether oxygens (including phenoxy) is 1. The second-order valence-electron chi connectivity index (χ2n) is 4.77. The van der Waals surface area contributed by atoms with Crippen molar-refractivity contribution in [3.8, 4) is 0 Å². The van der Waals surface area contributed by atoms with Gasteiger partial charge >= 0.3 is 5.97 Å². The van der Waals surface area contributed by atoms with Gasteiger partial charge in [0, 0.05) is 16.7 Å². The van der Waals surface area contributed by atoms with E-state index < -0.39 is 23.3 Å². The summed E-state index contributed by atoms with van der Waals surface area (Å²) in [4.78, 5) is 35.0. The Morgan fingerprint density at radius 3 is 2.52 bits per heavy atom. The van der Waals surface area contributed by atoms with Gasteiger partial charge in [-0.3, -0.25) is 14.9 Å².